The molecule has 0 fully saturated rings. The van der Waals surface area contributed by atoms with E-state index in [2.05, 4.69) is 36.9 Å². The van der Waals surface area contributed by atoms with E-state index in [0.29, 0.717) is 16.9 Å². The van der Waals surface area contributed by atoms with Crippen LogP contribution in [-0.2, 0) is 6.54 Å². The van der Waals surface area contributed by atoms with Gasteiger partial charge in [0.05, 0.1) is 16.8 Å². The molecular formula is C20H18N2OS2. The van der Waals surface area contributed by atoms with E-state index < -0.39 is 0 Å². The molecule has 0 bridgehead atoms. The van der Waals surface area contributed by atoms with E-state index in [4.69, 9.17) is 6.42 Å². The highest BCUT2D eigenvalue weighted by atomic mass is 32.2. The van der Waals surface area contributed by atoms with Crippen LogP contribution in [0.25, 0.3) is 10.2 Å². The summed E-state index contributed by atoms with van der Waals surface area (Å²) in [4.78, 5) is 18.6. The molecule has 1 heterocycles. The van der Waals surface area contributed by atoms with Gasteiger partial charge in [0.15, 0.2) is 4.80 Å². The molecule has 126 valence electrons. The third-order valence-electron chi connectivity index (χ3n) is 4.08. The first kappa shape index (κ1) is 17.5. The zero-order valence-electron chi connectivity index (χ0n) is 14.4. The van der Waals surface area contributed by atoms with Gasteiger partial charge in [-0.3, -0.25) is 4.79 Å². The third kappa shape index (κ3) is 3.55. The van der Waals surface area contributed by atoms with Crippen LogP contribution in [0.2, 0.25) is 0 Å². The molecule has 3 aromatic rings. The molecule has 0 saturated heterocycles. The quantitative estimate of drug-likeness (QED) is 0.508. The van der Waals surface area contributed by atoms with E-state index in [1.807, 2.05) is 35.1 Å². The smallest absolute Gasteiger partial charge is 0.279 e. The number of thioether (sulfide) groups is 1. The van der Waals surface area contributed by atoms with Gasteiger partial charge in [-0.1, -0.05) is 17.3 Å². The number of amides is 1. The van der Waals surface area contributed by atoms with Gasteiger partial charge in [-0.25, -0.2) is 0 Å². The van der Waals surface area contributed by atoms with E-state index in [1.54, 1.807) is 11.8 Å². The van der Waals surface area contributed by atoms with Crippen LogP contribution in [0.4, 0.5) is 0 Å². The van der Waals surface area contributed by atoms with Crippen LogP contribution in [0, 0.1) is 26.2 Å². The van der Waals surface area contributed by atoms with Crippen molar-refractivity contribution in [1.29, 1.82) is 0 Å². The van der Waals surface area contributed by atoms with Crippen molar-refractivity contribution in [3.63, 3.8) is 0 Å². The molecule has 1 aromatic heterocycles. The molecule has 3 nitrogen and oxygen atoms in total. The molecule has 0 N–H and O–H groups in total. The number of terminal acetylenes is 1. The molecular weight excluding hydrogens is 348 g/mol. The summed E-state index contributed by atoms with van der Waals surface area (Å²) in [6.07, 6.45) is 7.53. The third-order valence-corrected chi connectivity index (χ3v) is 5.87. The van der Waals surface area contributed by atoms with Crippen LogP contribution in [-0.4, -0.2) is 16.7 Å². The van der Waals surface area contributed by atoms with E-state index in [-0.39, 0.29) is 5.91 Å². The summed E-state index contributed by atoms with van der Waals surface area (Å²) in [5, 5.41) is 0. The second-order valence-electron chi connectivity index (χ2n) is 5.72. The summed E-state index contributed by atoms with van der Waals surface area (Å²) < 4.78 is 3.02. The fourth-order valence-electron chi connectivity index (χ4n) is 2.54. The van der Waals surface area contributed by atoms with Crippen LogP contribution >= 0.6 is 23.1 Å². The lowest BCUT2D eigenvalue weighted by atomic mass is 10.1. The number of aromatic nitrogens is 1. The van der Waals surface area contributed by atoms with Gasteiger partial charge in [-0.05, 0) is 67.6 Å². The molecule has 3 rings (SSSR count). The fraction of sp³-hybridized carbons (Fsp3) is 0.200. The number of hydrogen-bond acceptors (Lipinski definition) is 3. The molecule has 1 amide bonds. The number of aryl methyl sites for hydroxylation is 2. The predicted molar refractivity (Wildman–Crippen MR) is 106 cm³/mol. The number of benzene rings is 2. The Morgan fingerprint density at radius 2 is 1.92 bits per heavy atom. The number of fused-ring (bicyclic) bond motifs is 1. The number of carbonyl (C=O) groups excluding carboxylic acids is 1. The summed E-state index contributed by atoms with van der Waals surface area (Å²) >= 11 is 3.13. The van der Waals surface area contributed by atoms with E-state index >= 15 is 0 Å². The lowest BCUT2D eigenvalue weighted by molar-refractivity contribution is 0.0998. The van der Waals surface area contributed by atoms with Crippen molar-refractivity contribution in [1.82, 2.24) is 4.57 Å². The molecule has 2 aromatic carbocycles. The minimum absolute atomic E-state index is 0.251. The lowest BCUT2D eigenvalue weighted by Crippen LogP contribution is -2.16. The van der Waals surface area contributed by atoms with Crippen molar-refractivity contribution in [2.24, 2.45) is 4.99 Å². The maximum absolute atomic E-state index is 12.5. The van der Waals surface area contributed by atoms with E-state index in [1.165, 1.54) is 22.5 Å². The van der Waals surface area contributed by atoms with E-state index in [9.17, 15) is 4.79 Å². The number of carbonyl (C=O) groups is 1. The maximum atomic E-state index is 12.5. The molecule has 0 aliphatic heterocycles. The molecule has 0 unspecified atom stereocenters. The summed E-state index contributed by atoms with van der Waals surface area (Å²) in [7, 11) is 0. The Kier molecular flexibility index (Phi) is 5.12. The predicted octanol–water partition coefficient (Wildman–Crippen LogP) is 4.42. The lowest BCUT2D eigenvalue weighted by Gasteiger charge is -2.03. The van der Waals surface area contributed by atoms with E-state index in [0.717, 1.165) is 15.1 Å². The Balaban J connectivity index is 2.12. The Morgan fingerprint density at radius 3 is 2.56 bits per heavy atom. The van der Waals surface area contributed by atoms with Crippen molar-refractivity contribution < 1.29 is 4.79 Å². The SMILES string of the molecule is C#CCn1c(=NC(=O)c2ccc(SC)cc2)sc2cc(C)c(C)cc21. The summed E-state index contributed by atoms with van der Waals surface area (Å²) in [5.41, 5.74) is 4.01. The van der Waals surface area contributed by atoms with Crippen LogP contribution in [0.1, 0.15) is 21.5 Å². The minimum Gasteiger partial charge on any atom is -0.305 e. The van der Waals surface area contributed by atoms with Crippen LogP contribution in [0.15, 0.2) is 46.3 Å². The van der Waals surface area contributed by atoms with Crippen molar-refractivity contribution in [2.45, 2.75) is 25.3 Å². The molecule has 0 aliphatic carbocycles. The number of nitrogens with zero attached hydrogens (tertiary/aromatic N) is 2. The second kappa shape index (κ2) is 7.30. The molecule has 0 aliphatic rings. The van der Waals surface area contributed by atoms with Crippen LogP contribution in [0.3, 0.4) is 0 Å². The molecule has 0 radical (unpaired) electrons. The number of hydrogen-bond donors (Lipinski definition) is 0. The molecule has 5 heteroatoms. The Bertz CT molecular complexity index is 1050. The molecule has 0 spiro atoms. The van der Waals surface area contributed by atoms with Gasteiger partial charge >= 0.3 is 0 Å². The fourth-order valence-corrected chi connectivity index (χ4v) is 4.05. The summed E-state index contributed by atoms with van der Waals surface area (Å²) in [5.74, 6) is 2.41. The second-order valence-corrected chi connectivity index (χ2v) is 7.61. The first-order valence-electron chi connectivity index (χ1n) is 7.80. The van der Waals surface area contributed by atoms with Crippen molar-refractivity contribution in [2.75, 3.05) is 6.26 Å². The first-order valence-corrected chi connectivity index (χ1v) is 9.84. The van der Waals surface area contributed by atoms with Gasteiger partial charge in [0.25, 0.3) is 5.91 Å². The highest BCUT2D eigenvalue weighted by Crippen LogP contribution is 2.22. The van der Waals surface area contributed by atoms with Crippen LogP contribution < -0.4 is 4.80 Å². The monoisotopic (exact) mass is 366 g/mol. The van der Waals surface area contributed by atoms with Crippen molar-refractivity contribution >= 4 is 39.2 Å². The van der Waals surface area contributed by atoms with Gasteiger partial charge in [0, 0.05) is 10.5 Å². The van der Waals surface area contributed by atoms with Gasteiger partial charge in [-0.2, -0.15) is 4.99 Å². The maximum Gasteiger partial charge on any atom is 0.279 e. The topological polar surface area (TPSA) is 34.4 Å². The summed E-state index contributed by atoms with van der Waals surface area (Å²) in [6.45, 7) is 4.54. The van der Waals surface area contributed by atoms with Gasteiger partial charge < -0.3 is 4.57 Å². The minimum atomic E-state index is -0.251. The Labute approximate surface area is 155 Å². The average molecular weight is 367 g/mol. The van der Waals surface area contributed by atoms with Gasteiger partial charge in [-0.15, -0.1) is 18.2 Å². The first-order chi connectivity index (χ1) is 12.0. The number of rotatable bonds is 3. The summed E-state index contributed by atoms with van der Waals surface area (Å²) in [6, 6.07) is 11.7. The normalized spacial score (nSPS) is 11.7. The van der Waals surface area contributed by atoms with Crippen molar-refractivity contribution in [3.05, 3.63) is 57.9 Å². The van der Waals surface area contributed by atoms with Crippen LogP contribution in [0.5, 0.6) is 0 Å². The largest absolute Gasteiger partial charge is 0.305 e. The average Bonchev–Trinajstić information content (AvgIpc) is 2.92. The van der Waals surface area contributed by atoms with Gasteiger partial charge in [0.1, 0.15) is 0 Å². The highest BCUT2D eigenvalue weighted by Gasteiger charge is 2.10. The highest BCUT2D eigenvalue weighted by molar-refractivity contribution is 7.98. The molecule has 25 heavy (non-hydrogen) atoms. The Hall–Kier alpha value is -2.29. The zero-order chi connectivity index (χ0) is 18.0. The Morgan fingerprint density at radius 1 is 1.24 bits per heavy atom. The van der Waals surface area contributed by atoms with Crippen molar-refractivity contribution in [3.8, 4) is 12.3 Å². The van der Waals surface area contributed by atoms with Gasteiger partial charge in [0.2, 0.25) is 0 Å². The zero-order valence-corrected chi connectivity index (χ0v) is 16.0. The molecule has 0 saturated carbocycles. The number of thiazole rings is 1. The molecule has 0 atom stereocenters. The standard InChI is InChI=1S/C20H18N2OS2/c1-5-10-22-17-11-13(2)14(3)12-18(17)25-20(22)21-19(23)15-6-8-16(24-4)9-7-15/h1,6-9,11-12H,10H2,2-4H3.